The molecule has 0 unspecified atom stereocenters. The van der Waals surface area contributed by atoms with Gasteiger partial charge in [0.15, 0.2) is 6.33 Å². The van der Waals surface area contributed by atoms with Crippen molar-refractivity contribution < 1.29 is 19.3 Å². The Morgan fingerprint density at radius 3 is 2.95 bits per heavy atom. The number of rotatable bonds is 5. The molecule has 20 heavy (non-hydrogen) atoms. The van der Waals surface area contributed by atoms with E-state index in [1.165, 1.54) is 6.33 Å². The van der Waals surface area contributed by atoms with E-state index in [-0.39, 0.29) is 23.5 Å². The predicted molar refractivity (Wildman–Crippen MR) is 65.1 cm³/mol. The van der Waals surface area contributed by atoms with Gasteiger partial charge in [0.2, 0.25) is 5.89 Å². The van der Waals surface area contributed by atoms with E-state index in [9.17, 15) is 20.0 Å². The molecule has 9 heteroatoms. The third-order valence-corrected chi connectivity index (χ3v) is 2.45. The summed E-state index contributed by atoms with van der Waals surface area (Å²) >= 11 is 0. The Morgan fingerprint density at radius 2 is 2.30 bits per heavy atom. The minimum atomic E-state index is -0.688. The number of carbonyl (C=O) groups is 1. The number of nitro groups is 1. The van der Waals surface area contributed by atoms with Gasteiger partial charge in [0, 0.05) is 19.0 Å². The molecule has 0 atom stereocenters. The second kappa shape index (κ2) is 5.78. The van der Waals surface area contributed by atoms with Crippen LogP contribution in [0.15, 0.2) is 29.0 Å². The standard InChI is InChI=1S/C11H10N4O5/c16-7-1-2-9(15(18)19)8(5-7)11(17)12-4-3-10-13-6-14-20-10/h1-2,5-6,16H,3-4H2,(H,12,17). The fourth-order valence-corrected chi connectivity index (χ4v) is 1.55. The first-order valence-electron chi connectivity index (χ1n) is 5.59. The first-order chi connectivity index (χ1) is 9.58. The number of phenolic OH excluding ortho intramolecular Hbond substituents is 1. The van der Waals surface area contributed by atoms with Gasteiger partial charge in [0.05, 0.1) is 4.92 Å². The summed E-state index contributed by atoms with van der Waals surface area (Å²) < 4.78 is 4.74. The van der Waals surface area contributed by atoms with Crippen LogP contribution in [-0.4, -0.2) is 32.6 Å². The molecule has 0 fully saturated rings. The van der Waals surface area contributed by atoms with Gasteiger partial charge in [-0.25, -0.2) is 0 Å². The molecule has 104 valence electrons. The molecule has 0 aliphatic heterocycles. The Kier molecular flexibility index (Phi) is 3.89. The third kappa shape index (κ3) is 3.07. The summed E-state index contributed by atoms with van der Waals surface area (Å²) in [5, 5.41) is 26.0. The molecule has 0 radical (unpaired) electrons. The van der Waals surface area contributed by atoms with Crippen LogP contribution in [-0.2, 0) is 6.42 Å². The van der Waals surface area contributed by atoms with Crippen molar-refractivity contribution in [2.24, 2.45) is 0 Å². The largest absolute Gasteiger partial charge is 0.508 e. The third-order valence-electron chi connectivity index (χ3n) is 2.45. The molecule has 0 aliphatic rings. The quantitative estimate of drug-likeness (QED) is 0.606. The molecule has 0 spiro atoms. The summed E-state index contributed by atoms with van der Waals surface area (Å²) in [4.78, 5) is 25.7. The van der Waals surface area contributed by atoms with Crippen molar-refractivity contribution in [2.45, 2.75) is 6.42 Å². The summed E-state index contributed by atoms with van der Waals surface area (Å²) in [5.41, 5.74) is -0.585. The van der Waals surface area contributed by atoms with E-state index in [0.717, 1.165) is 18.2 Å². The van der Waals surface area contributed by atoms with Crippen molar-refractivity contribution in [3.63, 3.8) is 0 Å². The molecule has 1 aromatic heterocycles. The minimum absolute atomic E-state index is 0.174. The van der Waals surface area contributed by atoms with Gasteiger partial charge in [-0.15, -0.1) is 0 Å². The van der Waals surface area contributed by atoms with Crippen LogP contribution >= 0.6 is 0 Å². The van der Waals surface area contributed by atoms with Crippen molar-refractivity contribution in [1.82, 2.24) is 15.5 Å². The lowest BCUT2D eigenvalue weighted by molar-refractivity contribution is -0.385. The minimum Gasteiger partial charge on any atom is -0.508 e. The Labute approximate surface area is 112 Å². The number of phenols is 1. The first kappa shape index (κ1) is 13.5. The molecule has 0 saturated carbocycles. The number of benzene rings is 1. The Hall–Kier alpha value is -2.97. The number of nitro benzene ring substituents is 1. The van der Waals surface area contributed by atoms with Gasteiger partial charge < -0.3 is 14.9 Å². The highest BCUT2D eigenvalue weighted by Gasteiger charge is 2.20. The molecular formula is C11H10N4O5. The molecule has 0 bridgehead atoms. The van der Waals surface area contributed by atoms with Crippen LogP contribution in [0.2, 0.25) is 0 Å². The second-order valence-electron chi connectivity index (χ2n) is 3.80. The maximum atomic E-state index is 11.9. The summed E-state index contributed by atoms with van der Waals surface area (Å²) in [5.74, 6) is -0.541. The van der Waals surface area contributed by atoms with E-state index in [1.807, 2.05) is 0 Å². The Balaban J connectivity index is 2.05. The number of nitrogens with zero attached hydrogens (tertiary/aromatic N) is 3. The van der Waals surface area contributed by atoms with Crippen LogP contribution in [0.4, 0.5) is 5.69 Å². The van der Waals surface area contributed by atoms with Crippen LogP contribution in [0.3, 0.4) is 0 Å². The average Bonchev–Trinajstić information content (AvgIpc) is 2.91. The molecule has 1 aromatic carbocycles. The highest BCUT2D eigenvalue weighted by Crippen LogP contribution is 2.23. The zero-order chi connectivity index (χ0) is 14.5. The van der Waals surface area contributed by atoms with Crippen LogP contribution in [0.1, 0.15) is 16.2 Å². The van der Waals surface area contributed by atoms with Crippen molar-refractivity contribution in [3.8, 4) is 5.75 Å². The van der Waals surface area contributed by atoms with Gasteiger partial charge in [0.1, 0.15) is 11.3 Å². The van der Waals surface area contributed by atoms with Crippen molar-refractivity contribution in [2.75, 3.05) is 6.54 Å². The van der Waals surface area contributed by atoms with Crippen molar-refractivity contribution >= 4 is 11.6 Å². The first-order valence-corrected chi connectivity index (χ1v) is 5.59. The van der Waals surface area contributed by atoms with Gasteiger partial charge in [-0.2, -0.15) is 4.98 Å². The molecule has 9 nitrogen and oxygen atoms in total. The summed E-state index contributed by atoms with van der Waals surface area (Å²) in [6.07, 6.45) is 1.54. The van der Waals surface area contributed by atoms with E-state index in [2.05, 4.69) is 15.5 Å². The molecule has 1 heterocycles. The molecule has 2 N–H and O–H groups in total. The molecule has 1 amide bonds. The summed E-state index contributed by atoms with van der Waals surface area (Å²) in [7, 11) is 0. The maximum Gasteiger partial charge on any atom is 0.282 e. The average molecular weight is 278 g/mol. The number of hydrogen-bond donors (Lipinski definition) is 2. The van der Waals surface area contributed by atoms with Gasteiger partial charge >= 0.3 is 0 Å². The number of amides is 1. The number of carbonyl (C=O) groups excluding carboxylic acids is 1. The van der Waals surface area contributed by atoms with E-state index in [4.69, 9.17) is 4.52 Å². The van der Waals surface area contributed by atoms with Crippen molar-refractivity contribution in [3.05, 3.63) is 46.1 Å². The van der Waals surface area contributed by atoms with Crippen LogP contribution in [0.25, 0.3) is 0 Å². The zero-order valence-electron chi connectivity index (χ0n) is 10.1. The zero-order valence-corrected chi connectivity index (χ0v) is 10.1. The normalized spacial score (nSPS) is 10.2. The topological polar surface area (TPSA) is 131 Å². The molecule has 2 rings (SSSR count). The summed E-state index contributed by atoms with van der Waals surface area (Å²) in [6.45, 7) is 0.174. The van der Waals surface area contributed by atoms with Gasteiger partial charge in [-0.3, -0.25) is 14.9 Å². The lowest BCUT2D eigenvalue weighted by Crippen LogP contribution is -2.26. The monoisotopic (exact) mass is 278 g/mol. The van der Waals surface area contributed by atoms with Crippen LogP contribution < -0.4 is 5.32 Å². The maximum absolute atomic E-state index is 11.9. The van der Waals surface area contributed by atoms with Crippen molar-refractivity contribution in [1.29, 1.82) is 0 Å². The second-order valence-corrected chi connectivity index (χ2v) is 3.80. The Bertz CT molecular complexity index is 626. The molecule has 0 aliphatic carbocycles. The number of hydrogen-bond acceptors (Lipinski definition) is 7. The molecular weight excluding hydrogens is 268 g/mol. The van der Waals surface area contributed by atoms with Crippen LogP contribution in [0.5, 0.6) is 5.75 Å². The van der Waals surface area contributed by atoms with E-state index < -0.39 is 10.8 Å². The smallest absolute Gasteiger partial charge is 0.282 e. The summed E-state index contributed by atoms with van der Waals surface area (Å²) in [6, 6.07) is 3.26. The van der Waals surface area contributed by atoms with E-state index >= 15 is 0 Å². The van der Waals surface area contributed by atoms with Gasteiger partial charge in [0.25, 0.3) is 11.6 Å². The lowest BCUT2D eigenvalue weighted by Gasteiger charge is -2.05. The lowest BCUT2D eigenvalue weighted by atomic mass is 10.1. The molecule has 0 saturated heterocycles. The number of aromatic nitrogens is 2. The van der Waals surface area contributed by atoms with E-state index in [0.29, 0.717) is 12.3 Å². The SMILES string of the molecule is O=C(NCCc1ncno1)c1cc(O)ccc1[N+](=O)[O-]. The van der Waals surface area contributed by atoms with E-state index in [1.54, 1.807) is 0 Å². The number of aromatic hydroxyl groups is 1. The fraction of sp³-hybridized carbons (Fsp3) is 0.182. The van der Waals surface area contributed by atoms with Gasteiger partial charge in [-0.1, -0.05) is 5.16 Å². The fourth-order valence-electron chi connectivity index (χ4n) is 1.55. The van der Waals surface area contributed by atoms with Gasteiger partial charge in [-0.05, 0) is 12.1 Å². The molecule has 2 aromatic rings. The van der Waals surface area contributed by atoms with Crippen LogP contribution in [0, 0.1) is 10.1 Å². The highest BCUT2D eigenvalue weighted by atomic mass is 16.6. The number of nitrogens with one attached hydrogen (secondary N) is 1. The predicted octanol–water partition coefficient (Wildman–Crippen LogP) is 0.656. The Morgan fingerprint density at radius 1 is 1.50 bits per heavy atom. The highest BCUT2D eigenvalue weighted by molar-refractivity contribution is 5.98.